The van der Waals surface area contributed by atoms with Gasteiger partial charge in [0.15, 0.2) is 0 Å². The standard InChI is InChI=1S/C11H21N.ClH/c1-10(2)8-4-5-11(10,3)9(6-8)7-12;/h8-9H,4-7,12H2,1-3H3;1H/t8-,9-,11+;/m1./s1. The minimum absolute atomic E-state index is 0. The van der Waals surface area contributed by atoms with E-state index >= 15 is 0 Å². The fraction of sp³-hybridized carbons (Fsp3) is 1.00. The SMILES string of the molecule is CC1(C)[C@@H]2CC[C@@]1(C)[C@@H](C[NH3+])C2.[Cl-]. The fourth-order valence-electron chi connectivity index (χ4n) is 3.81. The molecule has 78 valence electrons. The molecule has 0 aromatic rings. The molecule has 3 N–H and O–H groups in total. The summed E-state index contributed by atoms with van der Waals surface area (Å²) < 4.78 is 0. The summed E-state index contributed by atoms with van der Waals surface area (Å²) in [6, 6.07) is 0. The van der Waals surface area contributed by atoms with E-state index in [2.05, 4.69) is 26.5 Å². The van der Waals surface area contributed by atoms with Crippen LogP contribution in [0.4, 0.5) is 0 Å². The van der Waals surface area contributed by atoms with Crippen LogP contribution in [0.5, 0.6) is 0 Å². The molecule has 0 amide bonds. The lowest BCUT2D eigenvalue weighted by molar-refractivity contribution is -0.385. The van der Waals surface area contributed by atoms with Gasteiger partial charge in [0.2, 0.25) is 0 Å². The highest BCUT2D eigenvalue weighted by molar-refractivity contribution is 5.09. The smallest absolute Gasteiger partial charge is 0.0774 e. The molecular weight excluding hydrogens is 182 g/mol. The van der Waals surface area contributed by atoms with E-state index in [0.717, 1.165) is 18.4 Å². The van der Waals surface area contributed by atoms with E-state index in [4.69, 9.17) is 0 Å². The third-order valence-electron chi connectivity index (χ3n) is 5.32. The molecule has 2 aliphatic carbocycles. The van der Waals surface area contributed by atoms with Crippen molar-refractivity contribution in [2.45, 2.75) is 40.0 Å². The second kappa shape index (κ2) is 3.13. The molecule has 2 rings (SSSR count). The predicted octanol–water partition coefficient (Wildman–Crippen LogP) is -1.31. The summed E-state index contributed by atoms with van der Waals surface area (Å²) in [6.45, 7) is 8.59. The molecule has 0 aromatic carbocycles. The Balaban J connectivity index is 0.000000845. The topological polar surface area (TPSA) is 27.6 Å². The molecule has 2 saturated carbocycles. The van der Waals surface area contributed by atoms with E-state index in [1.165, 1.54) is 19.3 Å². The largest absolute Gasteiger partial charge is 1.00 e. The van der Waals surface area contributed by atoms with Gasteiger partial charge < -0.3 is 18.1 Å². The summed E-state index contributed by atoms with van der Waals surface area (Å²) in [5, 5.41) is 0. The molecule has 0 saturated heterocycles. The number of hydrogen-bond donors (Lipinski definition) is 1. The third-order valence-corrected chi connectivity index (χ3v) is 5.32. The van der Waals surface area contributed by atoms with Crippen LogP contribution < -0.4 is 18.1 Å². The quantitative estimate of drug-likeness (QED) is 0.549. The highest BCUT2D eigenvalue weighted by atomic mass is 35.5. The van der Waals surface area contributed by atoms with Gasteiger partial charge in [0, 0.05) is 5.92 Å². The first-order valence-corrected chi connectivity index (χ1v) is 5.31. The van der Waals surface area contributed by atoms with E-state index < -0.39 is 0 Å². The van der Waals surface area contributed by atoms with E-state index in [-0.39, 0.29) is 12.4 Å². The number of hydrogen-bond acceptors (Lipinski definition) is 0. The Morgan fingerprint density at radius 2 is 1.92 bits per heavy atom. The normalized spacial score (nSPS) is 46.2. The van der Waals surface area contributed by atoms with Gasteiger partial charge >= 0.3 is 0 Å². The molecule has 2 fully saturated rings. The third kappa shape index (κ3) is 1.16. The van der Waals surface area contributed by atoms with Crippen molar-refractivity contribution >= 4 is 0 Å². The van der Waals surface area contributed by atoms with Gasteiger partial charge in [0.1, 0.15) is 0 Å². The maximum atomic E-state index is 4.10. The highest BCUT2D eigenvalue weighted by Crippen LogP contribution is 2.67. The van der Waals surface area contributed by atoms with Crippen molar-refractivity contribution in [1.29, 1.82) is 0 Å². The number of rotatable bonds is 1. The Bertz CT molecular complexity index is 202. The maximum absolute atomic E-state index is 4.10. The minimum Gasteiger partial charge on any atom is -1.00 e. The van der Waals surface area contributed by atoms with Gasteiger partial charge in [-0.15, -0.1) is 0 Å². The van der Waals surface area contributed by atoms with Crippen LogP contribution >= 0.6 is 0 Å². The Morgan fingerprint density at radius 1 is 1.31 bits per heavy atom. The molecule has 0 unspecified atom stereocenters. The molecule has 0 heterocycles. The zero-order valence-corrected chi connectivity index (χ0v) is 9.82. The lowest BCUT2D eigenvalue weighted by atomic mass is 9.67. The zero-order chi connectivity index (χ0) is 8.98. The monoisotopic (exact) mass is 203 g/mol. The first-order chi connectivity index (χ1) is 5.52. The Morgan fingerprint density at radius 3 is 2.15 bits per heavy atom. The first-order valence-electron chi connectivity index (χ1n) is 5.31. The van der Waals surface area contributed by atoms with Crippen LogP contribution in [0.1, 0.15) is 40.0 Å². The number of halogens is 1. The van der Waals surface area contributed by atoms with Gasteiger partial charge in [0.25, 0.3) is 0 Å². The van der Waals surface area contributed by atoms with Crippen molar-refractivity contribution in [3.63, 3.8) is 0 Å². The van der Waals surface area contributed by atoms with Crippen LogP contribution in [0, 0.1) is 22.7 Å². The summed E-state index contributed by atoms with van der Waals surface area (Å²) in [7, 11) is 0. The molecule has 0 aromatic heterocycles. The lowest BCUT2D eigenvalue weighted by Gasteiger charge is -2.38. The van der Waals surface area contributed by atoms with Crippen LogP contribution in [-0.4, -0.2) is 6.54 Å². The van der Waals surface area contributed by atoms with Crippen molar-refractivity contribution in [1.82, 2.24) is 0 Å². The summed E-state index contributed by atoms with van der Waals surface area (Å²) in [5.74, 6) is 1.90. The van der Waals surface area contributed by atoms with Crippen LogP contribution in [-0.2, 0) is 0 Å². The molecule has 0 aliphatic heterocycles. The van der Waals surface area contributed by atoms with Crippen LogP contribution in [0.15, 0.2) is 0 Å². The van der Waals surface area contributed by atoms with Crippen molar-refractivity contribution < 1.29 is 18.1 Å². The molecule has 1 nitrogen and oxygen atoms in total. The van der Waals surface area contributed by atoms with Gasteiger partial charge in [-0.3, -0.25) is 0 Å². The lowest BCUT2D eigenvalue weighted by Crippen LogP contribution is -3.00. The van der Waals surface area contributed by atoms with Crippen molar-refractivity contribution in [3.8, 4) is 0 Å². The summed E-state index contributed by atoms with van der Waals surface area (Å²) in [5.41, 5.74) is 5.30. The van der Waals surface area contributed by atoms with Gasteiger partial charge in [-0.2, -0.15) is 0 Å². The fourth-order valence-corrected chi connectivity index (χ4v) is 3.81. The van der Waals surface area contributed by atoms with Crippen molar-refractivity contribution in [2.75, 3.05) is 6.54 Å². The van der Waals surface area contributed by atoms with Crippen molar-refractivity contribution in [3.05, 3.63) is 0 Å². The molecule has 0 spiro atoms. The molecule has 0 radical (unpaired) electrons. The Hall–Kier alpha value is 0.250. The van der Waals surface area contributed by atoms with E-state index in [0.29, 0.717) is 10.8 Å². The van der Waals surface area contributed by atoms with E-state index in [1.807, 2.05) is 0 Å². The average Bonchev–Trinajstić information content (AvgIpc) is 2.34. The second-order valence-electron chi connectivity index (χ2n) is 5.60. The second-order valence-corrected chi connectivity index (χ2v) is 5.60. The van der Waals surface area contributed by atoms with Crippen LogP contribution in [0.2, 0.25) is 0 Å². The Labute approximate surface area is 87.9 Å². The number of fused-ring (bicyclic) bond motifs is 2. The molecule has 2 bridgehead atoms. The summed E-state index contributed by atoms with van der Waals surface area (Å²) in [6.07, 6.45) is 4.37. The molecule has 2 heteroatoms. The molecular formula is C11H22ClN. The summed E-state index contributed by atoms with van der Waals surface area (Å²) in [4.78, 5) is 0. The first kappa shape index (κ1) is 11.3. The highest BCUT2D eigenvalue weighted by Gasteiger charge is 2.61. The number of quaternary nitrogens is 1. The minimum atomic E-state index is 0. The molecule has 2 aliphatic rings. The van der Waals surface area contributed by atoms with Gasteiger partial charge in [-0.05, 0) is 36.0 Å². The van der Waals surface area contributed by atoms with Gasteiger partial charge in [-0.1, -0.05) is 20.8 Å². The van der Waals surface area contributed by atoms with E-state index in [1.54, 1.807) is 0 Å². The average molecular weight is 204 g/mol. The Kier molecular flexibility index (Phi) is 2.73. The van der Waals surface area contributed by atoms with Crippen LogP contribution in [0.25, 0.3) is 0 Å². The van der Waals surface area contributed by atoms with Gasteiger partial charge in [0.05, 0.1) is 6.54 Å². The van der Waals surface area contributed by atoms with Crippen molar-refractivity contribution in [2.24, 2.45) is 22.7 Å². The predicted molar refractivity (Wildman–Crippen MR) is 50.5 cm³/mol. The van der Waals surface area contributed by atoms with Gasteiger partial charge in [-0.25, -0.2) is 0 Å². The van der Waals surface area contributed by atoms with E-state index in [9.17, 15) is 0 Å². The molecule has 13 heavy (non-hydrogen) atoms. The summed E-state index contributed by atoms with van der Waals surface area (Å²) >= 11 is 0. The van der Waals surface area contributed by atoms with Crippen LogP contribution in [0.3, 0.4) is 0 Å². The molecule has 3 atom stereocenters. The maximum Gasteiger partial charge on any atom is 0.0774 e. The zero-order valence-electron chi connectivity index (χ0n) is 9.07.